The maximum atomic E-state index is 12.8. The van der Waals surface area contributed by atoms with Gasteiger partial charge in [0.25, 0.3) is 0 Å². The molecule has 0 saturated heterocycles. The van der Waals surface area contributed by atoms with Crippen LogP contribution in [-0.4, -0.2) is 0 Å². The monoisotopic (exact) mass is 167 g/mol. The van der Waals surface area contributed by atoms with E-state index in [4.69, 9.17) is 5.26 Å². The van der Waals surface area contributed by atoms with Crippen molar-refractivity contribution in [3.05, 3.63) is 29.1 Å². The van der Waals surface area contributed by atoms with Gasteiger partial charge in [-0.2, -0.15) is 5.26 Å². The van der Waals surface area contributed by atoms with Crippen LogP contribution in [0.5, 0.6) is 0 Å². The zero-order valence-corrected chi connectivity index (χ0v) is 6.82. The summed E-state index contributed by atoms with van der Waals surface area (Å²) in [5, 5.41) is 8.47. The molecule has 0 spiro atoms. The first kappa shape index (κ1) is 8.09. The van der Waals surface area contributed by atoms with Gasteiger partial charge in [-0.05, 0) is 24.6 Å². The van der Waals surface area contributed by atoms with Gasteiger partial charge in [-0.15, -0.1) is 12.6 Å². The fraction of sp³-hybridized carbons (Fsp3) is 0.125. The number of halogens is 1. The maximum Gasteiger partial charge on any atom is 0.127 e. The molecule has 0 amide bonds. The molecule has 56 valence electrons. The molecule has 0 aliphatic carbocycles. The Morgan fingerprint density at radius 2 is 2.18 bits per heavy atom. The van der Waals surface area contributed by atoms with Crippen LogP contribution in [0.4, 0.5) is 4.39 Å². The summed E-state index contributed by atoms with van der Waals surface area (Å²) in [5.74, 6) is -0.362. The highest BCUT2D eigenvalue weighted by molar-refractivity contribution is 7.80. The number of nitriles is 1. The Hall–Kier alpha value is -1.01. The van der Waals surface area contributed by atoms with E-state index in [2.05, 4.69) is 12.6 Å². The van der Waals surface area contributed by atoms with E-state index in [9.17, 15) is 4.39 Å². The lowest BCUT2D eigenvalue weighted by Crippen LogP contribution is -1.86. The summed E-state index contributed by atoms with van der Waals surface area (Å²) in [6, 6.07) is 4.58. The molecule has 1 aromatic carbocycles. The van der Waals surface area contributed by atoms with Gasteiger partial charge in [-0.25, -0.2) is 4.39 Å². The Morgan fingerprint density at radius 1 is 1.55 bits per heavy atom. The van der Waals surface area contributed by atoms with Crippen molar-refractivity contribution in [3.8, 4) is 6.07 Å². The molecular weight excluding hydrogens is 161 g/mol. The lowest BCUT2D eigenvalue weighted by Gasteiger charge is -1.98. The van der Waals surface area contributed by atoms with Crippen LogP contribution in [0.1, 0.15) is 11.1 Å². The van der Waals surface area contributed by atoms with Crippen molar-refractivity contribution in [3.63, 3.8) is 0 Å². The lowest BCUT2D eigenvalue weighted by atomic mass is 10.1. The molecule has 1 rings (SSSR count). The van der Waals surface area contributed by atoms with E-state index >= 15 is 0 Å². The molecule has 0 heterocycles. The molecule has 0 aliphatic rings. The lowest BCUT2D eigenvalue weighted by molar-refractivity contribution is 0.616. The molecule has 0 radical (unpaired) electrons. The molecule has 0 saturated carbocycles. The zero-order valence-electron chi connectivity index (χ0n) is 5.93. The number of hydrogen-bond acceptors (Lipinski definition) is 2. The quantitative estimate of drug-likeness (QED) is 0.589. The van der Waals surface area contributed by atoms with E-state index in [1.807, 2.05) is 6.07 Å². The van der Waals surface area contributed by atoms with Crippen LogP contribution in [0.25, 0.3) is 0 Å². The Labute approximate surface area is 69.9 Å². The predicted octanol–water partition coefficient (Wildman–Crippen LogP) is 2.29. The molecule has 0 aliphatic heterocycles. The molecule has 1 aromatic rings. The van der Waals surface area contributed by atoms with Crippen molar-refractivity contribution < 1.29 is 4.39 Å². The molecule has 0 atom stereocenters. The number of benzene rings is 1. The summed E-state index contributed by atoms with van der Waals surface area (Å²) in [6.45, 7) is 1.64. The maximum absolute atomic E-state index is 12.8. The van der Waals surface area contributed by atoms with Gasteiger partial charge in [0.05, 0.1) is 5.56 Å². The molecule has 0 N–H and O–H groups in total. The first-order valence-electron chi connectivity index (χ1n) is 3.04. The standard InChI is InChI=1S/C8H6FNS/c1-5-2-8(11)6(4-10)3-7(5)9/h2-3,11H,1H3. The normalized spacial score (nSPS) is 9.27. The predicted molar refractivity (Wildman–Crippen MR) is 43.1 cm³/mol. The van der Waals surface area contributed by atoms with E-state index in [1.165, 1.54) is 12.1 Å². The van der Waals surface area contributed by atoms with Gasteiger partial charge >= 0.3 is 0 Å². The van der Waals surface area contributed by atoms with E-state index in [0.29, 0.717) is 10.5 Å². The van der Waals surface area contributed by atoms with Gasteiger partial charge in [-0.1, -0.05) is 0 Å². The number of aryl methyl sites for hydroxylation is 1. The van der Waals surface area contributed by atoms with E-state index in [0.717, 1.165) is 0 Å². The van der Waals surface area contributed by atoms with Crippen LogP contribution >= 0.6 is 12.6 Å². The SMILES string of the molecule is Cc1cc(S)c(C#N)cc1F. The minimum Gasteiger partial charge on any atom is -0.207 e. The van der Waals surface area contributed by atoms with Crippen LogP contribution in [0.15, 0.2) is 17.0 Å². The first-order valence-corrected chi connectivity index (χ1v) is 3.49. The number of rotatable bonds is 0. The van der Waals surface area contributed by atoms with Crippen molar-refractivity contribution in [2.75, 3.05) is 0 Å². The van der Waals surface area contributed by atoms with Gasteiger partial charge in [0.2, 0.25) is 0 Å². The second kappa shape index (κ2) is 2.93. The van der Waals surface area contributed by atoms with Crippen molar-refractivity contribution in [1.82, 2.24) is 0 Å². The van der Waals surface area contributed by atoms with Crippen LogP contribution in [0.3, 0.4) is 0 Å². The molecule has 0 aromatic heterocycles. The number of hydrogen-bond donors (Lipinski definition) is 1. The van der Waals surface area contributed by atoms with Gasteiger partial charge in [-0.3, -0.25) is 0 Å². The number of nitrogens with zero attached hydrogens (tertiary/aromatic N) is 1. The number of thiol groups is 1. The average molecular weight is 167 g/mol. The molecule has 11 heavy (non-hydrogen) atoms. The third kappa shape index (κ3) is 1.52. The topological polar surface area (TPSA) is 23.8 Å². The summed E-state index contributed by atoms with van der Waals surface area (Å²) in [7, 11) is 0. The van der Waals surface area contributed by atoms with E-state index in [-0.39, 0.29) is 11.4 Å². The highest BCUT2D eigenvalue weighted by atomic mass is 32.1. The van der Waals surface area contributed by atoms with E-state index < -0.39 is 0 Å². The van der Waals surface area contributed by atoms with Gasteiger partial charge in [0.1, 0.15) is 11.9 Å². The van der Waals surface area contributed by atoms with Crippen LogP contribution in [-0.2, 0) is 0 Å². The van der Waals surface area contributed by atoms with Crippen molar-refractivity contribution in [2.45, 2.75) is 11.8 Å². The second-order valence-corrected chi connectivity index (χ2v) is 2.71. The Balaban J connectivity index is 3.35. The third-order valence-electron chi connectivity index (χ3n) is 1.40. The molecule has 0 fully saturated rings. The van der Waals surface area contributed by atoms with Crippen molar-refractivity contribution in [1.29, 1.82) is 5.26 Å². The Kier molecular flexibility index (Phi) is 2.16. The first-order chi connectivity index (χ1) is 5.15. The zero-order chi connectivity index (χ0) is 8.43. The largest absolute Gasteiger partial charge is 0.207 e. The van der Waals surface area contributed by atoms with Gasteiger partial charge < -0.3 is 0 Å². The Bertz CT molecular complexity index is 328. The van der Waals surface area contributed by atoms with Crippen molar-refractivity contribution in [2.24, 2.45) is 0 Å². The summed E-state index contributed by atoms with van der Waals surface area (Å²) in [6.07, 6.45) is 0. The fourth-order valence-electron chi connectivity index (χ4n) is 0.756. The summed E-state index contributed by atoms with van der Waals surface area (Å²) >= 11 is 4.01. The molecule has 3 heteroatoms. The summed E-state index contributed by atoms with van der Waals surface area (Å²) in [5.41, 5.74) is 0.783. The van der Waals surface area contributed by atoms with Crippen LogP contribution in [0, 0.1) is 24.1 Å². The molecule has 1 nitrogen and oxygen atoms in total. The van der Waals surface area contributed by atoms with Gasteiger partial charge in [0.15, 0.2) is 0 Å². The van der Waals surface area contributed by atoms with Crippen LogP contribution in [0.2, 0.25) is 0 Å². The van der Waals surface area contributed by atoms with E-state index in [1.54, 1.807) is 6.92 Å². The highest BCUT2D eigenvalue weighted by Crippen LogP contribution is 2.17. The fourth-order valence-corrected chi connectivity index (χ4v) is 1.06. The minimum absolute atomic E-state index is 0.274. The molecular formula is C8H6FNS. The van der Waals surface area contributed by atoms with Gasteiger partial charge in [0, 0.05) is 4.90 Å². The summed E-state index contributed by atoms with van der Waals surface area (Å²) in [4.78, 5) is 0.520. The van der Waals surface area contributed by atoms with Crippen molar-refractivity contribution >= 4 is 12.6 Å². The Morgan fingerprint density at radius 3 is 2.73 bits per heavy atom. The van der Waals surface area contributed by atoms with Crippen LogP contribution < -0.4 is 0 Å². The molecule has 0 unspecified atom stereocenters. The molecule has 0 bridgehead atoms. The summed E-state index contributed by atoms with van der Waals surface area (Å²) < 4.78 is 12.8. The highest BCUT2D eigenvalue weighted by Gasteiger charge is 2.02. The average Bonchev–Trinajstić information content (AvgIpc) is 1.97. The third-order valence-corrected chi connectivity index (χ3v) is 1.77. The second-order valence-electron chi connectivity index (χ2n) is 2.23. The smallest absolute Gasteiger partial charge is 0.127 e. The minimum atomic E-state index is -0.362.